The molecular weight excluding hydrogens is 368 g/mol. The quantitative estimate of drug-likeness (QED) is 0.396. The van der Waals surface area contributed by atoms with E-state index in [1.54, 1.807) is 11.1 Å². The molecule has 4 unspecified atom stereocenters. The van der Waals surface area contributed by atoms with Crippen molar-refractivity contribution < 1.29 is 0 Å². The van der Waals surface area contributed by atoms with Crippen LogP contribution < -0.4 is 0 Å². The topological polar surface area (TPSA) is 0 Å². The number of halogens is 1. The fraction of sp³-hybridized carbons (Fsp3) is 0.667. The lowest BCUT2D eigenvalue weighted by molar-refractivity contribution is 0.519. The number of hydrogen-bond donors (Lipinski definition) is 0. The van der Waals surface area contributed by atoms with Crippen LogP contribution in [-0.4, -0.2) is 0 Å². The Hall–Kier alpha value is -0.560. The van der Waals surface area contributed by atoms with Gasteiger partial charge < -0.3 is 0 Å². The largest absolute Gasteiger partial charge is 0.103 e. The Balaban J connectivity index is 0.000000550. The Morgan fingerprint density at radius 1 is 1.20 bits per heavy atom. The average Bonchev–Trinajstić information content (AvgIpc) is 3.03. The first-order chi connectivity index (χ1) is 12.0. The van der Waals surface area contributed by atoms with Crippen molar-refractivity contribution in [2.24, 2.45) is 11.8 Å². The van der Waals surface area contributed by atoms with Gasteiger partial charge in [-0.1, -0.05) is 88.4 Å². The van der Waals surface area contributed by atoms with Gasteiger partial charge in [0.15, 0.2) is 0 Å². The molecule has 0 radical (unpaired) electrons. The van der Waals surface area contributed by atoms with E-state index >= 15 is 0 Å². The molecular formula is C24H39Br. The standard InChI is InChI=1S/C19H27Br.C5H12/c1-5-14(4)17(6-2)19-12-16(20)9-10-18(19)15-8-7-13(3)11-15;1-3-5-4-2/h5,9-10,12-15,17H,1,6-8,11H2,2-4H3;3-5H2,1-2H3. The number of unbranched alkanes of at least 4 members (excludes halogenated alkanes) is 2. The summed E-state index contributed by atoms with van der Waals surface area (Å²) in [6, 6.07) is 6.93. The molecule has 1 aliphatic rings. The predicted octanol–water partition coefficient (Wildman–Crippen LogP) is 8.86. The van der Waals surface area contributed by atoms with Crippen LogP contribution in [0.3, 0.4) is 0 Å². The third kappa shape index (κ3) is 6.93. The minimum atomic E-state index is 0.534. The molecule has 0 N–H and O–H groups in total. The van der Waals surface area contributed by atoms with Crippen molar-refractivity contribution in [3.63, 3.8) is 0 Å². The van der Waals surface area contributed by atoms with E-state index in [-0.39, 0.29) is 0 Å². The van der Waals surface area contributed by atoms with Crippen LogP contribution in [0.15, 0.2) is 35.3 Å². The molecule has 0 amide bonds. The summed E-state index contributed by atoms with van der Waals surface area (Å²) in [5.41, 5.74) is 3.14. The molecule has 0 aromatic heterocycles. The molecule has 0 heterocycles. The van der Waals surface area contributed by atoms with Crippen molar-refractivity contribution >= 4 is 15.9 Å². The molecule has 0 aliphatic heterocycles. The highest BCUT2D eigenvalue weighted by Gasteiger charge is 2.27. The van der Waals surface area contributed by atoms with Crippen molar-refractivity contribution in [3.8, 4) is 0 Å². The van der Waals surface area contributed by atoms with Crippen molar-refractivity contribution in [2.75, 3.05) is 0 Å². The molecule has 1 fully saturated rings. The minimum absolute atomic E-state index is 0.534. The zero-order valence-electron chi connectivity index (χ0n) is 17.2. The van der Waals surface area contributed by atoms with E-state index in [1.165, 1.54) is 49.4 Å². The van der Waals surface area contributed by atoms with E-state index in [0.717, 1.165) is 11.8 Å². The first kappa shape index (κ1) is 22.5. The molecule has 0 spiro atoms. The fourth-order valence-corrected chi connectivity index (χ4v) is 4.50. The Bertz CT molecular complexity index is 503. The van der Waals surface area contributed by atoms with Gasteiger partial charge in [-0.3, -0.25) is 0 Å². The van der Waals surface area contributed by atoms with Crippen LogP contribution in [-0.2, 0) is 0 Å². The van der Waals surface area contributed by atoms with Gasteiger partial charge in [0.2, 0.25) is 0 Å². The van der Waals surface area contributed by atoms with E-state index in [2.05, 4.69) is 81.4 Å². The lowest BCUT2D eigenvalue weighted by atomic mass is 9.79. The molecule has 0 nitrogen and oxygen atoms in total. The number of allylic oxidation sites excluding steroid dienone is 1. The summed E-state index contributed by atoms with van der Waals surface area (Å²) in [6.45, 7) is 15.4. The van der Waals surface area contributed by atoms with Gasteiger partial charge in [-0.25, -0.2) is 0 Å². The van der Waals surface area contributed by atoms with E-state index in [0.29, 0.717) is 11.8 Å². The molecule has 0 saturated heterocycles. The number of rotatable bonds is 7. The monoisotopic (exact) mass is 406 g/mol. The second-order valence-electron chi connectivity index (χ2n) is 7.85. The highest BCUT2D eigenvalue weighted by atomic mass is 79.9. The summed E-state index contributed by atoms with van der Waals surface area (Å²) in [5.74, 6) is 2.77. The zero-order chi connectivity index (χ0) is 18.8. The summed E-state index contributed by atoms with van der Waals surface area (Å²) in [5, 5.41) is 0. The lowest BCUT2D eigenvalue weighted by Crippen LogP contribution is -2.11. The second kappa shape index (κ2) is 11.9. The van der Waals surface area contributed by atoms with Crippen LogP contribution in [0, 0.1) is 11.8 Å². The van der Waals surface area contributed by atoms with Crippen LogP contribution in [0.2, 0.25) is 0 Å². The van der Waals surface area contributed by atoms with E-state index < -0.39 is 0 Å². The van der Waals surface area contributed by atoms with Crippen LogP contribution >= 0.6 is 15.9 Å². The molecule has 25 heavy (non-hydrogen) atoms. The molecule has 142 valence electrons. The van der Waals surface area contributed by atoms with Gasteiger partial charge >= 0.3 is 0 Å². The Morgan fingerprint density at radius 2 is 1.88 bits per heavy atom. The summed E-state index contributed by atoms with van der Waals surface area (Å²) in [7, 11) is 0. The highest BCUT2D eigenvalue weighted by molar-refractivity contribution is 9.10. The smallest absolute Gasteiger partial charge is 0.0178 e. The molecule has 1 saturated carbocycles. The van der Waals surface area contributed by atoms with Gasteiger partial charge in [0.25, 0.3) is 0 Å². The fourth-order valence-electron chi connectivity index (χ4n) is 4.12. The van der Waals surface area contributed by atoms with Gasteiger partial charge in [0.05, 0.1) is 0 Å². The molecule has 0 bridgehead atoms. The molecule has 1 aliphatic carbocycles. The number of hydrogen-bond acceptors (Lipinski definition) is 0. The van der Waals surface area contributed by atoms with Crippen molar-refractivity contribution in [3.05, 3.63) is 46.5 Å². The molecule has 1 aromatic carbocycles. The van der Waals surface area contributed by atoms with Crippen molar-refractivity contribution in [1.82, 2.24) is 0 Å². The van der Waals surface area contributed by atoms with Gasteiger partial charge in [-0.2, -0.15) is 0 Å². The normalized spacial score (nSPS) is 22.0. The van der Waals surface area contributed by atoms with Gasteiger partial charge in [0.1, 0.15) is 0 Å². The molecule has 2 rings (SSSR count). The zero-order valence-corrected chi connectivity index (χ0v) is 18.7. The maximum absolute atomic E-state index is 4.00. The van der Waals surface area contributed by atoms with Gasteiger partial charge in [-0.15, -0.1) is 6.58 Å². The Labute approximate surface area is 165 Å². The summed E-state index contributed by atoms with van der Waals surface area (Å²) in [6.07, 6.45) is 11.5. The lowest BCUT2D eigenvalue weighted by Gasteiger charge is -2.26. The van der Waals surface area contributed by atoms with Crippen molar-refractivity contribution in [1.29, 1.82) is 0 Å². The van der Waals surface area contributed by atoms with Crippen LogP contribution in [0.5, 0.6) is 0 Å². The first-order valence-electron chi connectivity index (χ1n) is 10.4. The van der Waals surface area contributed by atoms with E-state index in [1.807, 2.05) is 0 Å². The summed E-state index contributed by atoms with van der Waals surface area (Å²) >= 11 is 3.66. The van der Waals surface area contributed by atoms with Crippen LogP contribution in [0.4, 0.5) is 0 Å². The van der Waals surface area contributed by atoms with Crippen molar-refractivity contribution in [2.45, 2.75) is 91.4 Å². The third-order valence-corrected chi connectivity index (χ3v) is 6.23. The Morgan fingerprint density at radius 3 is 2.32 bits per heavy atom. The highest BCUT2D eigenvalue weighted by Crippen LogP contribution is 2.43. The Kier molecular flexibility index (Phi) is 10.7. The molecule has 1 aromatic rings. The predicted molar refractivity (Wildman–Crippen MR) is 117 cm³/mol. The minimum Gasteiger partial charge on any atom is -0.103 e. The molecule has 4 atom stereocenters. The first-order valence-corrected chi connectivity index (χ1v) is 11.2. The van der Waals surface area contributed by atoms with Gasteiger partial charge in [0, 0.05) is 4.47 Å². The maximum atomic E-state index is 4.00. The maximum Gasteiger partial charge on any atom is 0.0178 e. The van der Waals surface area contributed by atoms with E-state index in [4.69, 9.17) is 0 Å². The van der Waals surface area contributed by atoms with Gasteiger partial charge in [-0.05, 0) is 66.2 Å². The second-order valence-corrected chi connectivity index (χ2v) is 8.77. The van der Waals surface area contributed by atoms with E-state index in [9.17, 15) is 0 Å². The molecule has 1 heteroatoms. The average molecular weight is 407 g/mol. The van der Waals surface area contributed by atoms with Crippen LogP contribution in [0.25, 0.3) is 0 Å². The third-order valence-electron chi connectivity index (χ3n) is 5.74. The summed E-state index contributed by atoms with van der Waals surface area (Å²) < 4.78 is 1.21. The summed E-state index contributed by atoms with van der Waals surface area (Å²) in [4.78, 5) is 0. The number of benzene rings is 1. The SMILES string of the molecule is C=CC(C)C(CC)c1cc(Br)ccc1C1CCC(C)C1.CCCCC. The van der Waals surface area contributed by atoms with Crippen LogP contribution in [0.1, 0.15) is 103 Å².